The zero-order valence-electron chi connectivity index (χ0n) is 7.36. The van der Waals surface area contributed by atoms with Crippen LogP contribution >= 0.6 is 0 Å². The lowest BCUT2D eigenvalue weighted by Gasteiger charge is -2.09. The Hall–Kier alpha value is -1.59. The SMILES string of the molecule is COC(=O)[C@H](C)NC(=O)CC(=O)O. The van der Waals surface area contributed by atoms with E-state index in [1.54, 1.807) is 0 Å². The van der Waals surface area contributed by atoms with Crippen LogP contribution in [0.3, 0.4) is 0 Å². The maximum atomic E-state index is 10.8. The Bertz CT molecular complexity index is 225. The van der Waals surface area contributed by atoms with E-state index in [4.69, 9.17) is 5.11 Å². The Morgan fingerprint density at radius 3 is 2.38 bits per heavy atom. The van der Waals surface area contributed by atoms with Gasteiger partial charge in [0.2, 0.25) is 5.91 Å². The topological polar surface area (TPSA) is 92.7 Å². The van der Waals surface area contributed by atoms with Crippen molar-refractivity contribution in [1.82, 2.24) is 5.32 Å². The third-order valence-corrected chi connectivity index (χ3v) is 1.24. The molecule has 1 amide bonds. The standard InChI is InChI=1S/C7H11NO5/c1-4(7(12)13-2)8-5(9)3-6(10)11/h4H,3H2,1-2H3,(H,8,9)(H,10,11)/t4-/m0/s1. The molecular weight excluding hydrogens is 178 g/mol. The Morgan fingerprint density at radius 1 is 1.46 bits per heavy atom. The number of hydrogen-bond donors (Lipinski definition) is 2. The predicted molar refractivity (Wildman–Crippen MR) is 41.9 cm³/mol. The summed E-state index contributed by atoms with van der Waals surface area (Å²) in [5, 5.41) is 10.4. The van der Waals surface area contributed by atoms with Crippen LogP contribution in [0.2, 0.25) is 0 Å². The molecule has 2 N–H and O–H groups in total. The van der Waals surface area contributed by atoms with E-state index < -0.39 is 30.3 Å². The number of nitrogens with one attached hydrogen (secondary N) is 1. The first-order valence-corrected chi connectivity index (χ1v) is 3.56. The number of ether oxygens (including phenoxy) is 1. The van der Waals surface area contributed by atoms with Gasteiger partial charge in [0.25, 0.3) is 0 Å². The summed E-state index contributed by atoms with van der Waals surface area (Å²) < 4.78 is 4.32. The van der Waals surface area contributed by atoms with Gasteiger partial charge in [-0.15, -0.1) is 0 Å². The van der Waals surface area contributed by atoms with Crippen molar-refractivity contribution >= 4 is 17.8 Å². The summed E-state index contributed by atoms with van der Waals surface area (Å²) in [7, 11) is 1.18. The van der Waals surface area contributed by atoms with Gasteiger partial charge in [-0.25, -0.2) is 4.79 Å². The minimum atomic E-state index is -1.24. The van der Waals surface area contributed by atoms with E-state index in [0.29, 0.717) is 0 Å². The maximum absolute atomic E-state index is 10.8. The number of carboxylic acid groups (broad SMARTS) is 1. The number of aliphatic carboxylic acids is 1. The molecule has 0 saturated carbocycles. The van der Waals surface area contributed by atoms with Gasteiger partial charge >= 0.3 is 11.9 Å². The van der Waals surface area contributed by atoms with Crippen LogP contribution in [-0.2, 0) is 19.1 Å². The van der Waals surface area contributed by atoms with Gasteiger partial charge < -0.3 is 15.2 Å². The number of esters is 1. The molecule has 0 aliphatic heterocycles. The van der Waals surface area contributed by atoms with Crippen molar-refractivity contribution in [1.29, 1.82) is 0 Å². The van der Waals surface area contributed by atoms with Crippen molar-refractivity contribution in [3.8, 4) is 0 Å². The molecule has 0 heterocycles. The van der Waals surface area contributed by atoms with E-state index in [-0.39, 0.29) is 0 Å². The van der Waals surface area contributed by atoms with E-state index in [1.807, 2.05) is 0 Å². The van der Waals surface area contributed by atoms with Gasteiger partial charge in [-0.2, -0.15) is 0 Å². The van der Waals surface area contributed by atoms with Gasteiger partial charge in [-0.3, -0.25) is 9.59 Å². The second-order valence-corrected chi connectivity index (χ2v) is 2.38. The molecule has 0 aromatic carbocycles. The summed E-state index contributed by atoms with van der Waals surface area (Å²) in [6, 6.07) is -0.822. The lowest BCUT2D eigenvalue weighted by atomic mass is 10.3. The van der Waals surface area contributed by atoms with Crippen LogP contribution in [-0.4, -0.2) is 36.1 Å². The van der Waals surface area contributed by atoms with Crippen LogP contribution in [0.4, 0.5) is 0 Å². The van der Waals surface area contributed by atoms with Gasteiger partial charge in [0, 0.05) is 0 Å². The molecule has 0 radical (unpaired) electrons. The van der Waals surface area contributed by atoms with Crippen molar-refractivity contribution in [2.45, 2.75) is 19.4 Å². The van der Waals surface area contributed by atoms with Crippen molar-refractivity contribution in [3.63, 3.8) is 0 Å². The van der Waals surface area contributed by atoms with Crippen LogP contribution in [0.15, 0.2) is 0 Å². The van der Waals surface area contributed by atoms with Crippen LogP contribution in [0.25, 0.3) is 0 Å². The van der Waals surface area contributed by atoms with Crippen molar-refractivity contribution in [2.24, 2.45) is 0 Å². The lowest BCUT2D eigenvalue weighted by Crippen LogP contribution is -2.39. The molecule has 74 valence electrons. The average molecular weight is 189 g/mol. The van der Waals surface area contributed by atoms with E-state index in [0.717, 1.165) is 0 Å². The fraction of sp³-hybridized carbons (Fsp3) is 0.571. The van der Waals surface area contributed by atoms with Crippen molar-refractivity contribution in [2.75, 3.05) is 7.11 Å². The number of carboxylic acids is 1. The minimum absolute atomic E-state index is 0.612. The Morgan fingerprint density at radius 2 is 2.00 bits per heavy atom. The molecule has 0 aromatic heterocycles. The highest BCUT2D eigenvalue weighted by molar-refractivity contribution is 5.95. The molecule has 0 bridgehead atoms. The molecule has 0 spiro atoms. The molecule has 13 heavy (non-hydrogen) atoms. The van der Waals surface area contributed by atoms with Gasteiger partial charge in [0.1, 0.15) is 12.5 Å². The molecule has 0 aliphatic rings. The first-order valence-electron chi connectivity index (χ1n) is 3.56. The average Bonchev–Trinajstić information content (AvgIpc) is 2.01. The molecule has 0 saturated heterocycles. The first kappa shape index (κ1) is 11.4. The molecular formula is C7H11NO5. The maximum Gasteiger partial charge on any atom is 0.328 e. The van der Waals surface area contributed by atoms with E-state index in [2.05, 4.69) is 10.1 Å². The number of carbonyl (C=O) groups excluding carboxylic acids is 2. The number of carbonyl (C=O) groups is 3. The van der Waals surface area contributed by atoms with Gasteiger partial charge in [0.05, 0.1) is 7.11 Å². The quantitative estimate of drug-likeness (QED) is 0.443. The number of amides is 1. The van der Waals surface area contributed by atoms with E-state index in [9.17, 15) is 14.4 Å². The summed E-state index contributed by atoms with van der Waals surface area (Å²) in [6.07, 6.45) is -0.651. The van der Waals surface area contributed by atoms with Crippen LogP contribution in [0.5, 0.6) is 0 Å². The van der Waals surface area contributed by atoms with Crippen molar-refractivity contribution < 1.29 is 24.2 Å². The third kappa shape index (κ3) is 4.78. The molecule has 6 nitrogen and oxygen atoms in total. The molecule has 0 unspecified atom stereocenters. The van der Waals surface area contributed by atoms with Gasteiger partial charge in [0.15, 0.2) is 0 Å². The molecule has 0 aromatic rings. The fourth-order valence-electron chi connectivity index (χ4n) is 0.666. The molecule has 1 atom stereocenters. The van der Waals surface area contributed by atoms with Crippen LogP contribution in [0.1, 0.15) is 13.3 Å². The third-order valence-electron chi connectivity index (χ3n) is 1.24. The molecule has 0 aliphatic carbocycles. The highest BCUT2D eigenvalue weighted by Gasteiger charge is 2.16. The number of methoxy groups -OCH3 is 1. The van der Waals surface area contributed by atoms with E-state index in [1.165, 1.54) is 14.0 Å². The molecule has 6 heteroatoms. The summed E-state index contributed by atoms with van der Waals surface area (Å²) in [5.41, 5.74) is 0. The monoisotopic (exact) mass is 189 g/mol. The largest absolute Gasteiger partial charge is 0.481 e. The second kappa shape index (κ2) is 5.13. The zero-order valence-corrected chi connectivity index (χ0v) is 7.36. The molecule has 0 rings (SSSR count). The highest BCUT2D eigenvalue weighted by Crippen LogP contribution is 1.88. The number of rotatable bonds is 4. The summed E-state index contributed by atoms with van der Waals surface area (Å²) in [4.78, 5) is 31.6. The predicted octanol–water partition coefficient (Wildman–Crippen LogP) is -0.861. The number of hydrogen-bond acceptors (Lipinski definition) is 4. The lowest BCUT2D eigenvalue weighted by molar-refractivity contribution is -0.146. The van der Waals surface area contributed by atoms with E-state index >= 15 is 0 Å². The summed E-state index contributed by atoms with van der Waals surface area (Å²) in [5.74, 6) is -2.57. The van der Waals surface area contributed by atoms with Crippen molar-refractivity contribution in [3.05, 3.63) is 0 Å². The summed E-state index contributed by atoms with van der Waals surface area (Å²) in [6.45, 7) is 1.41. The smallest absolute Gasteiger partial charge is 0.328 e. The second-order valence-electron chi connectivity index (χ2n) is 2.38. The van der Waals surface area contributed by atoms with Crippen LogP contribution < -0.4 is 5.32 Å². The van der Waals surface area contributed by atoms with Crippen LogP contribution in [0, 0.1) is 0 Å². The zero-order chi connectivity index (χ0) is 10.4. The first-order chi connectivity index (χ1) is 5.97. The Labute approximate surface area is 74.9 Å². The van der Waals surface area contributed by atoms with Gasteiger partial charge in [-0.05, 0) is 6.92 Å². The Kier molecular flexibility index (Phi) is 4.50. The Balaban J connectivity index is 3.91. The molecule has 0 fully saturated rings. The normalized spacial score (nSPS) is 11.5. The minimum Gasteiger partial charge on any atom is -0.481 e. The fourth-order valence-corrected chi connectivity index (χ4v) is 0.666. The van der Waals surface area contributed by atoms with Gasteiger partial charge in [-0.1, -0.05) is 0 Å². The highest BCUT2D eigenvalue weighted by atomic mass is 16.5. The summed E-state index contributed by atoms with van der Waals surface area (Å²) >= 11 is 0.